The summed E-state index contributed by atoms with van der Waals surface area (Å²) in [6.07, 6.45) is 0. The Labute approximate surface area is 130 Å². The molecule has 4 aromatic rings. The highest BCUT2D eigenvalue weighted by molar-refractivity contribution is 5.84. The molecule has 0 saturated heterocycles. The zero-order valence-corrected chi connectivity index (χ0v) is 12.4. The van der Waals surface area contributed by atoms with E-state index < -0.39 is 11.6 Å². The smallest absolute Gasteiger partial charge is 0.137 e. The summed E-state index contributed by atoms with van der Waals surface area (Å²) in [6.45, 7) is 2.17. The van der Waals surface area contributed by atoms with Crippen LogP contribution in [0.4, 0.5) is 14.5 Å². The van der Waals surface area contributed by atoms with E-state index in [4.69, 9.17) is 5.73 Å². The molecular formula is C17H14F2N4. The number of imidazole rings is 1. The molecule has 2 aromatic carbocycles. The van der Waals surface area contributed by atoms with Gasteiger partial charge >= 0.3 is 0 Å². The number of aromatic nitrogens is 3. The predicted octanol–water partition coefficient (Wildman–Crippen LogP) is 3.51. The van der Waals surface area contributed by atoms with Gasteiger partial charge in [0.15, 0.2) is 0 Å². The third-order valence-electron chi connectivity index (χ3n) is 3.95. The number of anilines is 1. The van der Waals surface area contributed by atoms with Crippen LogP contribution in [0, 0.1) is 18.6 Å². The molecule has 4 rings (SSSR count). The fraction of sp³-hybridized carbons (Fsp3) is 0.118. The number of fused-ring (bicyclic) bond motifs is 3. The molecule has 0 amide bonds. The van der Waals surface area contributed by atoms with Crippen molar-refractivity contribution >= 4 is 22.4 Å². The predicted molar refractivity (Wildman–Crippen MR) is 85.3 cm³/mol. The lowest BCUT2D eigenvalue weighted by Crippen LogP contribution is -2.02. The van der Waals surface area contributed by atoms with Gasteiger partial charge in [-0.05, 0) is 31.2 Å². The largest absolute Gasteiger partial charge is 0.399 e. The van der Waals surface area contributed by atoms with Crippen LogP contribution in [0.3, 0.4) is 0 Å². The van der Waals surface area contributed by atoms with Gasteiger partial charge in [0, 0.05) is 23.4 Å². The van der Waals surface area contributed by atoms with Gasteiger partial charge in [-0.1, -0.05) is 6.07 Å². The average molecular weight is 312 g/mol. The maximum atomic E-state index is 14.0. The van der Waals surface area contributed by atoms with Gasteiger partial charge < -0.3 is 10.3 Å². The van der Waals surface area contributed by atoms with Gasteiger partial charge in [0.05, 0.1) is 23.3 Å². The summed E-state index contributed by atoms with van der Waals surface area (Å²) in [5.41, 5.74) is 10.4. The van der Waals surface area contributed by atoms with Crippen molar-refractivity contribution in [3.05, 3.63) is 65.4 Å². The quantitative estimate of drug-likeness (QED) is 0.576. The van der Waals surface area contributed by atoms with E-state index in [-0.39, 0.29) is 6.54 Å². The molecule has 0 atom stereocenters. The Morgan fingerprint density at radius 3 is 2.65 bits per heavy atom. The molecule has 116 valence electrons. The maximum Gasteiger partial charge on any atom is 0.137 e. The summed E-state index contributed by atoms with van der Waals surface area (Å²) in [5, 5.41) is 4.47. The van der Waals surface area contributed by atoms with E-state index in [1.165, 1.54) is 12.1 Å². The Morgan fingerprint density at radius 1 is 1.04 bits per heavy atom. The molecule has 0 aliphatic rings. The molecule has 2 heterocycles. The van der Waals surface area contributed by atoms with Gasteiger partial charge in [0.25, 0.3) is 0 Å². The molecule has 2 aromatic heterocycles. The molecule has 0 aliphatic carbocycles. The minimum absolute atomic E-state index is 0.272. The summed E-state index contributed by atoms with van der Waals surface area (Å²) in [5.74, 6) is -1.15. The number of nitrogens with two attached hydrogens (primary N) is 1. The fourth-order valence-corrected chi connectivity index (χ4v) is 2.90. The van der Waals surface area contributed by atoms with Crippen LogP contribution in [0.5, 0.6) is 0 Å². The first-order valence-corrected chi connectivity index (χ1v) is 7.21. The molecule has 2 N–H and O–H groups in total. The molecular weight excluding hydrogens is 298 g/mol. The minimum Gasteiger partial charge on any atom is -0.399 e. The second-order valence-corrected chi connectivity index (χ2v) is 5.63. The number of aryl methyl sites for hydroxylation is 1. The van der Waals surface area contributed by atoms with Crippen molar-refractivity contribution in [3.63, 3.8) is 0 Å². The highest BCUT2D eigenvalue weighted by atomic mass is 19.1. The summed E-state index contributed by atoms with van der Waals surface area (Å²) in [6, 6.07) is 11.1. The van der Waals surface area contributed by atoms with Crippen molar-refractivity contribution in [1.82, 2.24) is 14.2 Å². The second kappa shape index (κ2) is 4.81. The average Bonchev–Trinajstić information content (AvgIpc) is 2.98. The number of hydrogen-bond donors (Lipinski definition) is 1. The Morgan fingerprint density at radius 2 is 1.87 bits per heavy atom. The highest BCUT2D eigenvalue weighted by Crippen LogP contribution is 2.25. The minimum atomic E-state index is -0.585. The first-order valence-electron chi connectivity index (χ1n) is 7.21. The van der Waals surface area contributed by atoms with Crippen molar-refractivity contribution in [3.8, 4) is 0 Å². The standard InChI is InChI=1S/C17H14F2N4/c1-10-6-17-22(9-11-2-3-12(18)7-14(11)19)16-8-13(20)4-5-15(16)23(17)21-10/h2-8H,9,20H2,1H3. The third-order valence-corrected chi connectivity index (χ3v) is 3.95. The van der Waals surface area contributed by atoms with Gasteiger partial charge in [-0.2, -0.15) is 5.10 Å². The first-order chi connectivity index (χ1) is 11.0. The van der Waals surface area contributed by atoms with Gasteiger partial charge in [-0.25, -0.2) is 13.3 Å². The van der Waals surface area contributed by atoms with Crippen molar-refractivity contribution in [2.75, 3.05) is 5.73 Å². The summed E-state index contributed by atoms with van der Waals surface area (Å²) >= 11 is 0. The number of nitrogen functional groups attached to an aromatic ring is 1. The van der Waals surface area contributed by atoms with Crippen LogP contribution in [-0.4, -0.2) is 14.2 Å². The SMILES string of the molecule is Cc1cc2n(Cc3ccc(F)cc3F)c3cc(N)ccc3n2n1. The highest BCUT2D eigenvalue weighted by Gasteiger charge is 2.15. The molecule has 0 radical (unpaired) electrons. The van der Waals surface area contributed by atoms with Crippen molar-refractivity contribution in [2.45, 2.75) is 13.5 Å². The molecule has 6 heteroatoms. The van der Waals surface area contributed by atoms with Gasteiger partial charge in [-0.15, -0.1) is 0 Å². The lowest BCUT2D eigenvalue weighted by molar-refractivity contribution is 0.568. The van der Waals surface area contributed by atoms with Crippen molar-refractivity contribution in [2.24, 2.45) is 0 Å². The van der Waals surface area contributed by atoms with Crippen LogP contribution in [0.25, 0.3) is 16.7 Å². The van der Waals surface area contributed by atoms with E-state index in [1.54, 1.807) is 0 Å². The molecule has 0 spiro atoms. The number of hydrogen-bond acceptors (Lipinski definition) is 2. The first kappa shape index (κ1) is 13.8. The van der Waals surface area contributed by atoms with Gasteiger partial charge in [-0.3, -0.25) is 0 Å². The number of benzene rings is 2. The van der Waals surface area contributed by atoms with E-state index in [0.29, 0.717) is 11.3 Å². The molecule has 4 nitrogen and oxygen atoms in total. The van der Waals surface area contributed by atoms with Gasteiger partial charge in [0.2, 0.25) is 0 Å². The number of nitrogens with zero attached hydrogens (tertiary/aromatic N) is 3. The van der Waals surface area contributed by atoms with Crippen LogP contribution in [0.1, 0.15) is 11.3 Å². The summed E-state index contributed by atoms with van der Waals surface area (Å²) in [7, 11) is 0. The Hall–Kier alpha value is -2.89. The Kier molecular flexibility index (Phi) is 2.87. The monoisotopic (exact) mass is 312 g/mol. The molecule has 23 heavy (non-hydrogen) atoms. The summed E-state index contributed by atoms with van der Waals surface area (Å²) < 4.78 is 30.9. The Balaban J connectivity index is 1.97. The molecule has 0 bridgehead atoms. The van der Waals surface area contributed by atoms with E-state index in [0.717, 1.165) is 28.4 Å². The lowest BCUT2D eigenvalue weighted by Gasteiger charge is -2.07. The maximum absolute atomic E-state index is 14.0. The van der Waals surface area contributed by atoms with Gasteiger partial charge in [0.1, 0.15) is 17.3 Å². The normalized spacial score (nSPS) is 11.6. The third kappa shape index (κ3) is 2.14. The molecule has 0 unspecified atom stereocenters. The number of rotatable bonds is 2. The van der Waals surface area contributed by atoms with E-state index >= 15 is 0 Å². The summed E-state index contributed by atoms with van der Waals surface area (Å²) in [4.78, 5) is 0. The molecule has 0 fully saturated rings. The zero-order chi connectivity index (χ0) is 16.1. The molecule has 0 aliphatic heterocycles. The van der Waals surface area contributed by atoms with E-state index in [9.17, 15) is 8.78 Å². The lowest BCUT2D eigenvalue weighted by atomic mass is 10.2. The van der Waals surface area contributed by atoms with Crippen molar-refractivity contribution in [1.29, 1.82) is 0 Å². The van der Waals surface area contributed by atoms with Crippen LogP contribution in [0.2, 0.25) is 0 Å². The van der Waals surface area contributed by atoms with Crippen LogP contribution >= 0.6 is 0 Å². The molecule has 0 saturated carbocycles. The van der Waals surface area contributed by atoms with Crippen LogP contribution in [0.15, 0.2) is 42.5 Å². The Bertz CT molecular complexity index is 1050. The second-order valence-electron chi connectivity index (χ2n) is 5.63. The van der Waals surface area contributed by atoms with Crippen LogP contribution < -0.4 is 5.73 Å². The van der Waals surface area contributed by atoms with E-state index in [2.05, 4.69) is 5.10 Å². The zero-order valence-electron chi connectivity index (χ0n) is 12.4. The topological polar surface area (TPSA) is 48.2 Å². The van der Waals surface area contributed by atoms with Crippen LogP contribution in [-0.2, 0) is 6.54 Å². The fourth-order valence-electron chi connectivity index (χ4n) is 2.90. The van der Waals surface area contributed by atoms with Crippen molar-refractivity contribution < 1.29 is 8.78 Å². The van der Waals surface area contributed by atoms with E-state index in [1.807, 2.05) is 40.3 Å². The number of halogens is 2.